The van der Waals surface area contributed by atoms with Crippen LogP contribution in [0.2, 0.25) is 0 Å². The first-order valence-electron chi connectivity index (χ1n) is 7.72. The van der Waals surface area contributed by atoms with Gasteiger partial charge in [0.05, 0.1) is 17.8 Å². The second kappa shape index (κ2) is 6.26. The third-order valence-electron chi connectivity index (χ3n) is 4.36. The van der Waals surface area contributed by atoms with Gasteiger partial charge in [0, 0.05) is 11.1 Å². The molecule has 4 N–H and O–H groups in total. The second-order valence-corrected chi connectivity index (χ2v) is 6.01. The molecule has 0 aliphatic heterocycles. The number of anilines is 1. The lowest BCUT2D eigenvalue weighted by atomic mass is 9.85. The Morgan fingerprint density at radius 2 is 2.19 bits per heavy atom. The quantitative estimate of drug-likeness (QED) is 0.808. The predicted molar refractivity (Wildman–Crippen MR) is 83.9 cm³/mol. The van der Waals surface area contributed by atoms with E-state index in [9.17, 15) is 4.79 Å². The first-order valence-corrected chi connectivity index (χ1v) is 7.72. The zero-order valence-electron chi connectivity index (χ0n) is 12.1. The van der Waals surface area contributed by atoms with Crippen LogP contribution in [0.15, 0.2) is 24.4 Å². The summed E-state index contributed by atoms with van der Waals surface area (Å²) < 4.78 is 0. The summed E-state index contributed by atoms with van der Waals surface area (Å²) in [7, 11) is 0. The summed E-state index contributed by atoms with van der Waals surface area (Å²) in [5, 5.41) is 10.7. The molecule has 0 radical (unpaired) electrons. The summed E-state index contributed by atoms with van der Waals surface area (Å²) in [6, 6.07) is 5.26. The largest absolute Gasteiger partial charge is 0.325 e. The number of aromatic amines is 1. The van der Waals surface area contributed by atoms with Gasteiger partial charge in [0.1, 0.15) is 0 Å². The van der Waals surface area contributed by atoms with Gasteiger partial charge in [-0.1, -0.05) is 32.1 Å². The van der Waals surface area contributed by atoms with Gasteiger partial charge in [0.2, 0.25) is 5.91 Å². The van der Waals surface area contributed by atoms with E-state index in [1.54, 1.807) is 6.20 Å². The van der Waals surface area contributed by atoms with E-state index in [0.717, 1.165) is 23.0 Å². The summed E-state index contributed by atoms with van der Waals surface area (Å²) in [6.45, 7) is 0. The average molecular weight is 286 g/mol. The summed E-state index contributed by atoms with van der Waals surface area (Å²) >= 11 is 0. The van der Waals surface area contributed by atoms with Crippen LogP contribution in [0.25, 0.3) is 10.9 Å². The van der Waals surface area contributed by atoms with E-state index < -0.39 is 6.04 Å². The fraction of sp³-hybridized carbons (Fsp3) is 0.500. The molecule has 1 saturated carbocycles. The summed E-state index contributed by atoms with van der Waals surface area (Å²) in [6.07, 6.45) is 8.83. The van der Waals surface area contributed by atoms with Crippen molar-refractivity contribution in [3.8, 4) is 0 Å². The molecule has 1 aromatic heterocycles. The number of hydrogen-bond donors (Lipinski definition) is 3. The zero-order valence-corrected chi connectivity index (χ0v) is 12.1. The predicted octanol–water partition coefficient (Wildman–Crippen LogP) is 2.80. The Morgan fingerprint density at radius 1 is 1.38 bits per heavy atom. The Hall–Kier alpha value is -1.88. The number of amides is 1. The van der Waals surface area contributed by atoms with E-state index in [4.69, 9.17) is 5.73 Å². The molecule has 1 heterocycles. The van der Waals surface area contributed by atoms with Crippen LogP contribution in [0.4, 0.5) is 5.69 Å². The van der Waals surface area contributed by atoms with Crippen molar-refractivity contribution in [2.75, 3.05) is 5.32 Å². The highest BCUT2D eigenvalue weighted by Gasteiger charge is 2.21. The molecule has 0 bridgehead atoms. The minimum atomic E-state index is -0.423. The molecule has 1 aliphatic carbocycles. The van der Waals surface area contributed by atoms with Crippen molar-refractivity contribution in [2.24, 2.45) is 11.7 Å². The first kappa shape index (κ1) is 14.1. The van der Waals surface area contributed by atoms with Gasteiger partial charge in [-0.15, -0.1) is 0 Å². The molecule has 5 heteroatoms. The molecule has 1 amide bonds. The van der Waals surface area contributed by atoms with Gasteiger partial charge < -0.3 is 11.1 Å². The van der Waals surface area contributed by atoms with Crippen LogP contribution < -0.4 is 11.1 Å². The molecule has 21 heavy (non-hydrogen) atoms. The Labute approximate surface area is 124 Å². The lowest BCUT2D eigenvalue weighted by molar-refractivity contribution is -0.117. The molecule has 5 nitrogen and oxygen atoms in total. The standard InChI is InChI=1S/C16H22N4O/c17-14(8-11-4-2-1-3-5-11)16(21)19-13-6-7-15-12(9-13)10-18-20-15/h6-7,9-11,14H,1-5,8,17H2,(H,18,20)(H,19,21). The maximum Gasteiger partial charge on any atom is 0.241 e. The fourth-order valence-corrected chi connectivity index (χ4v) is 3.14. The van der Waals surface area contributed by atoms with Gasteiger partial charge >= 0.3 is 0 Å². The molecule has 1 fully saturated rings. The second-order valence-electron chi connectivity index (χ2n) is 6.01. The van der Waals surface area contributed by atoms with Crippen LogP contribution in [-0.4, -0.2) is 22.1 Å². The number of nitrogens with two attached hydrogens (primary N) is 1. The summed E-state index contributed by atoms with van der Waals surface area (Å²) in [5.74, 6) is 0.513. The maximum atomic E-state index is 12.2. The van der Waals surface area contributed by atoms with Crippen molar-refractivity contribution in [1.82, 2.24) is 10.2 Å². The van der Waals surface area contributed by atoms with Crippen molar-refractivity contribution in [3.63, 3.8) is 0 Å². The molecule has 0 spiro atoms. The maximum absolute atomic E-state index is 12.2. The number of benzene rings is 1. The molecular formula is C16H22N4O. The van der Waals surface area contributed by atoms with Gasteiger partial charge in [-0.2, -0.15) is 5.10 Å². The Balaban J connectivity index is 1.59. The molecule has 3 rings (SSSR count). The lowest BCUT2D eigenvalue weighted by Crippen LogP contribution is -2.37. The van der Waals surface area contributed by atoms with Gasteiger partial charge in [0.25, 0.3) is 0 Å². The van der Waals surface area contributed by atoms with E-state index >= 15 is 0 Å². The minimum absolute atomic E-state index is 0.0941. The van der Waals surface area contributed by atoms with Crippen molar-refractivity contribution in [3.05, 3.63) is 24.4 Å². The molecule has 0 saturated heterocycles. The van der Waals surface area contributed by atoms with Crippen LogP contribution in [0.3, 0.4) is 0 Å². The number of aromatic nitrogens is 2. The third-order valence-corrected chi connectivity index (χ3v) is 4.36. The van der Waals surface area contributed by atoms with Crippen LogP contribution in [-0.2, 0) is 4.79 Å². The van der Waals surface area contributed by atoms with Crippen molar-refractivity contribution < 1.29 is 4.79 Å². The van der Waals surface area contributed by atoms with E-state index in [2.05, 4.69) is 15.5 Å². The number of H-pyrrole nitrogens is 1. The monoisotopic (exact) mass is 286 g/mol. The number of carbonyl (C=O) groups excluding carboxylic acids is 1. The highest BCUT2D eigenvalue weighted by molar-refractivity contribution is 5.96. The lowest BCUT2D eigenvalue weighted by Gasteiger charge is -2.24. The topological polar surface area (TPSA) is 83.8 Å². The van der Waals surface area contributed by atoms with Gasteiger partial charge in [-0.05, 0) is 30.5 Å². The SMILES string of the molecule is NC(CC1CCCCC1)C(=O)Nc1ccc2[nH]ncc2c1. The highest BCUT2D eigenvalue weighted by Crippen LogP contribution is 2.27. The van der Waals surface area contributed by atoms with Crippen molar-refractivity contribution >= 4 is 22.5 Å². The van der Waals surface area contributed by atoms with E-state index in [0.29, 0.717) is 5.92 Å². The number of hydrogen-bond acceptors (Lipinski definition) is 3. The first-order chi connectivity index (χ1) is 10.2. The Kier molecular flexibility index (Phi) is 4.20. The smallest absolute Gasteiger partial charge is 0.241 e. The molecular weight excluding hydrogens is 264 g/mol. The molecule has 1 atom stereocenters. The molecule has 1 aliphatic rings. The molecule has 2 aromatic rings. The van der Waals surface area contributed by atoms with E-state index in [-0.39, 0.29) is 5.91 Å². The fourth-order valence-electron chi connectivity index (χ4n) is 3.14. The number of rotatable bonds is 4. The summed E-state index contributed by atoms with van der Waals surface area (Å²) in [5.41, 5.74) is 7.79. The van der Waals surface area contributed by atoms with Crippen LogP contribution in [0.1, 0.15) is 38.5 Å². The zero-order chi connectivity index (χ0) is 14.7. The van der Waals surface area contributed by atoms with Gasteiger partial charge in [0.15, 0.2) is 0 Å². The normalized spacial score (nSPS) is 17.8. The summed E-state index contributed by atoms with van der Waals surface area (Å²) in [4.78, 5) is 12.2. The van der Waals surface area contributed by atoms with Crippen LogP contribution in [0.5, 0.6) is 0 Å². The van der Waals surface area contributed by atoms with Gasteiger partial charge in [-0.3, -0.25) is 9.89 Å². The van der Waals surface area contributed by atoms with Crippen molar-refractivity contribution in [2.45, 2.75) is 44.6 Å². The van der Waals surface area contributed by atoms with E-state index in [1.165, 1.54) is 32.1 Å². The third kappa shape index (κ3) is 3.42. The highest BCUT2D eigenvalue weighted by atomic mass is 16.2. The number of nitrogens with one attached hydrogen (secondary N) is 2. The van der Waals surface area contributed by atoms with Crippen molar-refractivity contribution in [1.29, 1.82) is 0 Å². The molecule has 1 unspecified atom stereocenters. The van der Waals surface area contributed by atoms with Crippen LogP contribution >= 0.6 is 0 Å². The van der Waals surface area contributed by atoms with Gasteiger partial charge in [-0.25, -0.2) is 0 Å². The molecule has 112 valence electrons. The molecule has 1 aromatic carbocycles. The Morgan fingerprint density at radius 3 is 3.00 bits per heavy atom. The number of nitrogens with zero attached hydrogens (tertiary/aromatic N) is 1. The van der Waals surface area contributed by atoms with Crippen LogP contribution in [0, 0.1) is 5.92 Å². The number of fused-ring (bicyclic) bond motifs is 1. The van der Waals surface area contributed by atoms with E-state index in [1.807, 2.05) is 18.2 Å². The number of carbonyl (C=O) groups is 1. The average Bonchev–Trinajstić information content (AvgIpc) is 2.95. The Bertz CT molecular complexity index is 616. The minimum Gasteiger partial charge on any atom is -0.325 e.